The van der Waals surface area contributed by atoms with Crippen LogP contribution in [-0.2, 0) is 25.8 Å². The maximum Gasteiger partial charge on any atom is 0 e. The Morgan fingerprint density at radius 1 is 1.04 bits per heavy atom. The van der Waals surface area contributed by atoms with E-state index in [2.05, 4.69) is 87.0 Å². The largest absolute Gasteiger partial charge is 0.323 e. The van der Waals surface area contributed by atoms with Gasteiger partial charge in [-0.15, -0.1) is 52.1 Å². The van der Waals surface area contributed by atoms with Crippen LogP contribution in [0.15, 0.2) is 59.3 Å². The molecule has 0 amide bonds. The van der Waals surface area contributed by atoms with Gasteiger partial charge in [0.1, 0.15) is 0 Å². The van der Waals surface area contributed by atoms with Crippen molar-refractivity contribution in [3.05, 3.63) is 65.2 Å². The third-order valence-corrected chi connectivity index (χ3v) is 6.79. The van der Waals surface area contributed by atoms with E-state index >= 15 is 0 Å². The summed E-state index contributed by atoms with van der Waals surface area (Å²) in [6, 6.07) is 0. The van der Waals surface area contributed by atoms with Crippen LogP contribution >= 0.6 is 0 Å². The van der Waals surface area contributed by atoms with Crippen molar-refractivity contribution in [1.82, 2.24) is 10.6 Å². The molecule has 0 spiro atoms. The minimum atomic E-state index is -0.475. The third kappa shape index (κ3) is 6.22. The van der Waals surface area contributed by atoms with E-state index in [1.807, 2.05) is 28.2 Å². The third-order valence-electron chi connectivity index (χ3n) is 4.90. The molecule has 0 saturated heterocycles. The molecule has 2 N–H and O–H groups in total. The predicted molar refractivity (Wildman–Crippen MR) is 126 cm³/mol. The van der Waals surface area contributed by atoms with E-state index in [9.17, 15) is 0 Å². The summed E-state index contributed by atoms with van der Waals surface area (Å²) in [6.07, 6.45) is 17.0. The molecular weight excluding hydrogens is 523 g/mol. The summed E-state index contributed by atoms with van der Waals surface area (Å²) in [5, 5.41) is 7.23. The zero-order chi connectivity index (χ0) is 20.6. The second kappa shape index (κ2) is 12.9. The van der Waals surface area contributed by atoms with Crippen LogP contribution in [0, 0.1) is 17.3 Å². The average Bonchev–Trinajstić information content (AvgIpc) is 3.11. The van der Waals surface area contributed by atoms with Gasteiger partial charge in [-0.3, -0.25) is 0 Å². The quantitative estimate of drug-likeness (QED) is 0.357. The van der Waals surface area contributed by atoms with E-state index in [4.69, 9.17) is 0 Å². The molecule has 154 valence electrons. The molecule has 1 atom stereocenters. The Morgan fingerprint density at radius 3 is 2.07 bits per heavy atom. The molecule has 0 aromatic carbocycles. The molecule has 0 saturated carbocycles. The van der Waals surface area contributed by atoms with Crippen LogP contribution < -0.4 is 10.6 Å². The molecule has 0 aromatic rings. The molecule has 3 aliphatic rings. The molecule has 0 aliphatic heterocycles. The van der Waals surface area contributed by atoms with Gasteiger partial charge < -0.3 is 10.6 Å². The summed E-state index contributed by atoms with van der Waals surface area (Å²) < 4.78 is 0. The molecule has 0 aromatic heterocycles. The standard InChI is InChI=1S/C20H25Si.2C2H7N.Hf/c1-14-10-6-9-13-16-17(14)19(21(4)5)20(2,3)18(16)15-11-7-8-12-15;2*1-3-2;/h6-11,13-14H,12H2,1-5H3;2*3H,1-2H3;/q-1;;;. The Balaban J connectivity index is 0.000000930. The van der Waals surface area contributed by atoms with Crippen LogP contribution in [0.5, 0.6) is 0 Å². The van der Waals surface area contributed by atoms with E-state index in [1.54, 1.807) is 16.7 Å². The van der Waals surface area contributed by atoms with Crippen molar-refractivity contribution in [2.45, 2.75) is 40.3 Å². The molecule has 0 fully saturated rings. The number of hydrogen-bond acceptors (Lipinski definition) is 2. The number of hydrogen-bond donors (Lipinski definition) is 2. The van der Waals surface area contributed by atoms with Gasteiger partial charge in [0.2, 0.25) is 0 Å². The first-order valence-electron chi connectivity index (χ1n) is 9.96. The van der Waals surface area contributed by atoms with E-state index in [1.165, 1.54) is 11.1 Å². The van der Waals surface area contributed by atoms with Crippen molar-refractivity contribution < 1.29 is 25.8 Å². The monoisotopic (exact) mass is 563 g/mol. The summed E-state index contributed by atoms with van der Waals surface area (Å²) in [4.78, 5) is 0. The average molecular weight is 562 g/mol. The van der Waals surface area contributed by atoms with Gasteiger partial charge in [-0.2, -0.15) is 0 Å². The molecule has 0 bridgehead atoms. The van der Waals surface area contributed by atoms with E-state index in [-0.39, 0.29) is 31.3 Å². The first kappa shape index (κ1) is 27.4. The van der Waals surface area contributed by atoms with Gasteiger partial charge in [-0.1, -0.05) is 52.1 Å². The van der Waals surface area contributed by atoms with Crippen LogP contribution in [-0.4, -0.2) is 41.8 Å². The van der Waals surface area contributed by atoms with E-state index < -0.39 is 8.41 Å². The normalized spacial score (nSPS) is 21.0. The molecule has 3 aliphatic carbocycles. The fourth-order valence-corrected chi connectivity index (χ4v) is 6.57. The Labute approximate surface area is 194 Å². The van der Waals surface area contributed by atoms with Gasteiger partial charge in [0.25, 0.3) is 0 Å². The maximum absolute atomic E-state index is 2.75. The zero-order valence-corrected chi connectivity index (χ0v) is 23.9. The Bertz CT molecular complexity index is 687. The first-order valence-corrected chi connectivity index (χ1v) is 12.5. The van der Waals surface area contributed by atoms with Crippen LogP contribution in [0.2, 0.25) is 13.1 Å². The fourth-order valence-electron chi connectivity index (χ4n) is 4.29. The molecule has 28 heavy (non-hydrogen) atoms. The van der Waals surface area contributed by atoms with Gasteiger partial charge in [0.15, 0.2) is 0 Å². The number of allylic oxidation sites excluding steroid dienone is 10. The first-order chi connectivity index (χ1) is 12.8. The Morgan fingerprint density at radius 2 is 1.61 bits per heavy atom. The molecule has 1 unspecified atom stereocenters. The molecule has 0 radical (unpaired) electrons. The second-order valence-electron chi connectivity index (χ2n) is 8.06. The van der Waals surface area contributed by atoms with Crippen LogP contribution in [0.1, 0.15) is 27.2 Å². The topological polar surface area (TPSA) is 24.1 Å². The summed E-state index contributed by atoms with van der Waals surface area (Å²) in [5.41, 5.74) is 4.83. The maximum atomic E-state index is 2.75. The number of nitrogens with one attached hydrogen (secondary N) is 2. The summed E-state index contributed by atoms with van der Waals surface area (Å²) >= 11 is 0. The van der Waals surface area contributed by atoms with Crippen LogP contribution in [0.25, 0.3) is 0 Å². The van der Waals surface area contributed by atoms with E-state index in [0.29, 0.717) is 5.92 Å². The molecular formula is C24H39HfN2Si-. The van der Waals surface area contributed by atoms with Gasteiger partial charge in [-0.05, 0) is 54.4 Å². The van der Waals surface area contributed by atoms with Gasteiger partial charge in [0, 0.05) is 25.8 Å². The smallest absolute Gasteiger partial charge is 0 e. The van der Waals surface area contributed by atoms with Gasteiger partial charge in [-0.25, -0.2) is 0 Å². The Hall–Kier alpha value is -0.553. The minimum absolute atomic E-state index is 0. The molecule has 3 rings (SSSR count). The Kier molecular flexibility index (Phi) is 12.6. The van der Waals surface area contributed by atoms with Gasteiger partial charge >= 0.3 is 0 Å². The van der Waals surface area contributed by atoms with Crippen molar-refractivity contribution in [2.24, 2.45) is 11.3 Å². The molecule has 4 heteroatoms. The fraction of sp³-hybridized carbons (Fsp3) is 0.500. The van der Waals surface area contributed by atoms with Crippen molar-refractivity contribution in [1.29, 1.82) is 0 Å². The van der Waals surface area contributed by atoms with Crippen LogP contribution in [0.4, 0.5) is 0 Å². The molecule has 2 nitrogen and oxygen atoms in total. The zero-order valence-electron chi connectivity index (χ0n) is 19.3. The SMILES string of the molecule is CC1C=CC=CC2=C1C(=[Si](C)C)C(C)(C)[C-]2C1=CC=CC1.CNC.CNC.[Hf]. The van der Waals surface area contributed by atoms with Crippen LogP contribution in [0.3, 0.4) is 0 Å². The molecule has 0 heterocycles. The summed E-state index contributed by atoms with van der Waals surface area (Å²) in [5.74, 6) is 2.10. The van der Waals surface area contributed by atoms with Crippen molar-refractivity contribution in [2.75, 3.05) is 28.2 Å². The van der Waals surface area contributed by atoms with Crippen molar-refractivity contribution >= 4 is 13.6 Å². The predicted octanol–water partition coefficient (Wildman–Crippen LogP) is 4.72. The second-order valence-corrected chi connectivity index (χ2v) is 10.6. The summed E-state index contributed by atoms with van der Waals surface area (Å²) in [7, 11) is 7.03. The van der Waals surface area contributed by atoms with E-state index in [0.717, 1.165) is 6.42 Å². The number of rotatable bonds is 1. The van der Waals surface area contributed by atoms with Crippen molar-refractivity contribution in [3.63, 3.8) is 0 Å². The minimum Gasteiger partial charge on any atom is -0.323 e. The van der Waals surface area contributed by atoms with Crippen molar-refractivity contribution in [3.8, 4) is 0 Å². The summed E-state index contributed by atoms with van der Waals surface area (Å²) in [6.45, 7) is 12.1. The van der Waals surface area contributed by atoms with Gasteiger partial charge in [0.05, 0.1) is 0 Å².